The van der Waals surface area contributed by atoms with Crippen LogP contribution in [0.2, 0.25) is 0 Å². The van der Waals surface area contributed by atoms with E-state index in [4.69, 9.17) is 19.3 Å². The van der Waals surface area contributed by atoms with Crippen LogP contribution in [0.25, 0.3) is 0 Å². The van der Waals surface area contributed by atoms with E-state index in [0.29, 0.717) is 0 Å². The Hall–Kier alpha value is -1.91. The minimum Gasteiger partial charge on any atom is -0.504 e. The number of phenolic OH excluding ortho intramolecular Hbond substituents is 1. The lowest BCUT2D eigenvalue weighted by Crippen LogP contribution is -2.59. The molecule has 0 radical (unpaired) electrons. The van der Waals surface area contributed by atoms with Crippen molar-refractivity contribution in [2.24, 2.45) is 0 Å². The van der Waals surface area contributed by atoms with Crippen molar-refractivity contribution in [3.8, 4) is 11.5 Å². The summed E-state index contributed by atoms with van der Waals surface area (Å²) in [6, 6.07) is 4.15. The fourth-order valence-corrected chi connectivity index (χ4v) is 2.19. The maximum Gasteiger partial charge on any atom is 0.344 e. The Morgan fingerprint density at radius 2 is 1.91 bits per heavy atom. The van der Waals surface area contributed by atoms with Crippen LogP contribution in [0.15, 0.2) is 18.2 Å². The molecule has 0 unspecified atom stereocenters. The molecule has 23 heavy (non-hydrogen) atoms. The van der Waals surface area contributed by atoms with Crippen molar-refractivity contribution in [1.29, 1.82) is 0 Å². The number of carbonyl (C=O) groups excluding carboxylic acids is 1. The van der Waals surface area contributed by atoms with E-state index in [0.717, 1.165) is 0 Å². The first kappa shape index (κ1) is 17.4. The number of aliphatic hydroxyl groups excluding tert-OH is 4. The molecule has 9 heteroatoms. The lowest BCUT2D eigenvalue weighted by molar-refractivity contribution is -0.285. The smallest absolute Gasteiger partial charge is 0.344 e. The van der Waals surface area contributed by atoms with Gasteiger partial charge >= 0.3 is 5.97 Å². The van der Waals surface area contributed by atoms with Gasteiger partial charge in [-0.3, -0.25) is 0 Å². The summed E-state index contributed by atoms with van der Waals surface area (Å²) < 4.78 is 14.8. The number of ether oxygens (including phenoxy) is 3. The van der Waals surface area contributed by atoms with E-state index in [1.807, 2.05) is 0 Å². The van der Waals surface area contributed by atoms with Gasteiger partial charge < -0.3 is 39.7 Å². The van der Waals surface area contributed by atoms with Gasteiger partial charge in [0.25, 0.3) is 0 Å². The molecule has 0 aliphatic carbocycles. The average Bonchev–Trinajstić information content (AvgIpc) is 2.55. The number of methoxy groups -OCH3 is 1. The van der Waals surface area contributed by atoms with Crippen LogP contribution < -0.4 is 4.74 Å². The summed E-state index contributed by atoms with van der Waals surface area (Å²) in [6.45, 7) is -0.649. The third kappa shape index (κ3) is 3.38. The molecule has 1 saturated heterocycles. The van der Waals surface area contributed by atoms with Gasteiger partial charge in [0.15, 0.2) is 11.5 Å². The van der Waals surface area contributed by atoms with E-state index in [9.17, 15) is 25.2 Å². The number of aliphatic hydroxyl groups is 4. The number of carbonyl (C=O) groups is 1. The summed E-state index contributed by atoms with van der Waals surface area (Å²) in [6.07, 6.45) is -7.77. The summed E-state index contributed by atoms with van der Waals surface area (Å²) >= 11 is 0. The van der Waals surface area contributed by atoms with E-state index in [2.05, 4.69) is 0 Å². The largest absolute Gasteiger partial charge is 0.504 e. The van der Waals surface area contributed by atoms with Crippen LogP contribution in [0.3, 0.4) is 0 Å². The molecule has 0 aromatic heterocycles. The van der Waals surface area contributed by atoms with E-state index < -0.39 is 49.0 Å². The number of rotatable bonds is 4. The van der Waals surface area contributed by atoms with Gasteiger partial charge in [-0.15, -0.1) is 0 Å². The zero-order chi connectivity index (χ0) is 17.1. The lowest BCUT2D eigenvalue weighted by atomic mass is 9.99. The summed E-state index contributed by atoms with van der Waals surface area (Å²) in [7, 11) is 1.31. The van der Waals surface area contributed by atoms with E-state index in [1.165, 1.54) is 25.3 Å². The molecular weight excluding hydrogens is 312 g/mol. The summed E-state index contributed by atoms with van der Waals surface area (Å²) in [5.41, 5.74) is -0.235. The Morgan fingerprint density at radius 3 is 2.52 bits per heavy atom. The van der Waals surface area contributed by atoms with Crippen molar-refractivity contribution in [3.05, 3.63) is 23.8 Å². The number of hydrogen-bond acceptors (Lipinski definition) is 9. The van der Waals surface area contributed by atoms with Crippen LogP contribution in [0.4, 0.5) is 0 Å². The van der Waals surface area contributed by atoms with Gasteiger partial charge in [0, 0.05) is 0 Å². The van der Waals surface area contributed by atoms with Crippen molar-refractivity contribution < 1.29 is 44.5 Å². The zero-order valence-electron chi connectivity index (χ0n) is 12.2. The molecule has 1 heterocycles. The first-order valence-electron chi connectivity index (χ1n) is 6.78. The second kappa shape index (κ2) is 7.11. The quantitative estimate of drug-likeness (QED) is 0.410. The predicted octanol–water partition coefficient (Wildman–Crippen LogP) is -1.64. The number of hydrogen-bond donors (Lipinski definition) is 5. The summed E-state index contributed by atoms with van der Waals surface area (Å²) in [5, 5.41) is 48.1. The molecule has 5 atom stereocenters. The molecule has 1 aromatic rings. The number of phenols is 1. The van der Waals surface area contributed by atoms with Crippen LogP contribution in [-0.4, -0.2) is 75.9 Å². The third-order valence-corrected chi connectivity index (χ3v) is 3.51. The van der Waals surface area contributed by atoms with Gasteiger partial charge in [0.2, 0.25) is 6.29 Å². The predicted molar refractivity (Wildman–Crippen MR) is 73.8 cm³/mol. The SMILES string of the molecule is COc1cccc(C(=O)O[C@@H]2O[C@H](CO)[C@@H](O)[C@H](O)[C@H]2O)c1O. The Balaban J connectivity index is 2.16. The van der Waals surface area contributed by atoms with E-state index in [-0.39, 0.29) is 11.3 Å². The van der Waals surface area contributed by atoms with Crippen molar-refractivity contribution >= 4 is 5.97 Å². The molecule has 0 spiro atoms. The topological polar surface area (TPSA) is 146 Å². The first-order valence-corrected chi connectivity index (χ1v) is 6.78. The normalized spacial score (nSPS) is 30.7. The molecule has 2 rings (SSSR count). The fraction of sp³-hybridized carbons (Fsp3) is 0.500. The molecule has 5 N–H and O–H groups in total. The van der Waals surface area contributed by atoms with Crippen LogP contribution in [0.1, 0.15) is 10.4 Å². The van der Waals surface area contributed by atoms with Crippen LogP contribution in [0.5, 0.6) is 11.5 Å². The van der Waals surface area contributed by atoms with E-state index >= 15 is 0 Å². The van der Waals surface area contributed by atoms with Crippen molar-refractivity contribution in [1.82, 2.24) is 0 Å². The van der Waals surface area contributed by atoms with Crippen molar-refractivity contribution in [2.45, 2.75) is 30.7 Å². The Labute approximate surface area is 131 Å². The standard InChI is InChI=1S/C14H18O9/c1-21-7-4-2-3-6(9(7)16)13(20)23-14-12(19)11(18)10(17)8(5-15)22-14/h2-4,8,10-12,14-19H,5H2,1H3/t8-,10-,11+,12-,14+/m1/s1. The highest BCUT2D eigenvalue weighted by molar-refractivity contribution is 5.93. The second-order valence-electron chi connectivity index (χ2n) is 4.96. The van der Waals surface area contributed by atoms with Gasteiger partial charge in [0.1, 0.15) is 30.0 Å². The summed E-state index contributed by atoms with van der Waals surface area (Å²) in [5.74, 6) is -1.44. The number of para-hydroxylation sites is 1. The highest BCUT2D eigenvalue weighted by Gasteiger charge is 2.45. The molecule has 1 aromatic carbocycles. The van der Waals surface area contributed by atoms with Gasteiger partial charge in [-0.1, -0.05) is 6.07 Å². The van der Waals surface area contributed by atoms with Crippen LogP contribution in [-0.2, 0) is 9.47 Å². The zero-order valence-corrected chi connectivity index (χ0v) is 12.2. The molecular formula is C14H18O9. The molecule has 0 amide bonds. The highest BCUT2D eigenvalue weighted by Crippen LogP contribution is 2.31. The first-order chi connectivity index (χ1) is 10.9. The minimum absolute atomic E-state index is 0.0493. The van der Waals surface area contributed by atoms with Gasteiger partial charge in [-0.2, -0.15) is 0 Å². The molecule has 128 valence electrons. The summed E-state index contributed by atoms with van der Waals surface area (Å²) in [4.78, 5) is 12.1. The van der Waals surface area contributed by atoms with Gasteiger partial charge in [-0.05, 0) is 12.1 Å². The number of benzene rings is 1. The number of esters is 1. The molecule has 0 bridgehead atoms. The number of aromatic hydroxyl groups is 1. The Bertz CT molecular complexity index is 559. The molecule has 1 fully saturated rings. The minimum atomic E-state index is -1.72. The average molecular weight is 330 g/mol. The maximum atomic E-state index is 12.1. The van der Waals surface area contributed by atoms with Crippen LogP contribution >= 0.6 is 0 Å². The fourth-order valence-electron chi connectivity index (χ4n) is 2.19. The Morgan fingerprint density at radius 1 is 1.22 bits per heavy atom. The van der Waals surface area contributed by atoms with Crippen LogP contribution in [0, 0.1) is 0 Å². The molecule has 9 nitrogen and oxygen atoms in total. The molecule has 1 aliphatic rings. The van der Waals surface area contributed by atoms with Gasteiger partial charge in [-0.25, -0.2) is 4.79 Å². The third-order valence-electron chi connectivity index (χ3n) is 3.51. The van der Waals surface area contributed by atoms with Crippen molar-refractivity contribution in [3.63, 3.8) is 0 Å². The lowest BCUT2D eigenvalue weighted by Gasteiger charge is -2.39. The monoisotopic (exact) mass is 330 g/mol. The maximum absolute atomic E-state index is 12.1. The van der Waals surface area contributed by atoms with Crippen molar-refractivity contribution in [2.75, 3.05) is 13.7 Å². The highest BCUT2D eigenvalue weighted by atomic mass is 16.7. The van der Waals surface area contributed by atoms with E-state index in [1.54, 1.807) is 0 Å². The Kier molecular flexibility index (Phi) is 5.39. The molecule has 0 saturated carbocycles. The van der Waals surface area contributed by atoms with Gasteiger partial charge in [0.05, 0.1) is 13.7 Å². The molecule has 1 aliphatic heterocycles. The second-order valence-corrected chi connectivity index (χ2v) is 4.96.